The number of unbranched alkanes of at least 4 members (excludes halogenated alkanes) is 14. The minimum Gasteiger partial charge on any atom is -0.493 e. The molecular weight excluding hydrogens is 494 g/mol. The summed E-state index contributed by atoms with van der Waals surface area (Å²) in [5.74, 6) is 0.355. The lowest BCUT2D eigenvalue weighted by Crippen LogP contribution is -2.21. The van der Waals surface area contributed by atoms with Gasteiger partial charge in [0.1, 0.15) is 18.4 Å². The lowest BCUT2D eigenvalue weighted by Gasteiger charge is -2.08. The molecule has 0 bridgehead atoms. The third kappa shape index (κ3) is 18.4. The second-order valence-corrected chi connectivity index (χ2v) is 9.94. The molecule has 0 aliphatic rings. The van der Waals surface area contributed by atoms with Crippen molar-refractivity contribution in [1.82, 2.24) is 15.4 Å². The summed E-state index contributed by atoms with van der Waals surface area (Å²) >= 11 is 0. The molecule has 2 rings (SSSR count). The van der Waals surface area contributed by atoms with Crippen molar-refractivity contribution in [2.75, 3.05) is 20.3 Å². The number of methoxy groups -OCH3 is 1. The molecule has 0 saturated heterocycles. The second-order valence-electron chi connectivity index (χ2n) is 9.94. The molecule has 0 spiro atoms. The van der Waals surface area contributed by atoms with Gasteiger partial charge < -0.3 is 19.7 Å². The largest absolute Gasteiger partial charge is 0.493 e. The summed E-state index contributed by atoms with van der Waals surface area (Å²) in [5, 5.41) is 28.9. The van der Waals surface area contributed by atoms with Crippen molar-refractivity contribution in [3.8, 4) is 17.0 Å². The Morgan fingerprint density at radius 3 is 1.90 bits per heavy atom. The van der Waals surface area contributed by atoms with Crippen LogP contribution in [0.4, 0.5) is 0 Å². The molecule has 0 aliphatic carbocycles. The molecule has 39 heavy (non-hydrogen) atoms. The number of hydrogen-bond donors (Lipinski definition) is 2. The Balaban J connectivity index is 0.000000451. The Labute approximate surface area is 235 Å². The third-order valence-corrected chi connectivity index (χ3v) is 6.50. The first-order valence-electron chi connectivity index (χ1n) is 14.8. The highest BCUT2D eigenvalue weighted by atomic mass is 16.5. The van der Waals surface area contributed by atoms with E-state index in [-0.39, 0.29) is 19.2 Å². The van der Waals surface area contributed by atoms with Gasteiger partial charge in [0.2, 0.25) is 0 Å². The Morgan fingerprint density at radius 1 is 0.846 bits per heavy atom. The summed E-state index contributed by atoms with van der Waals surface area (Å²) in [4.78, 5) is 11.4. The summed E-state index contributed by atoms with van der Waals surface area (Å²) in [6.45, 7) is 1.79. The molecule has 0 aliphatic heterocycles. The van der Waals surface area contributed by atoms with Crippen LogP contribution in [-0.4, -0.2) is 58.0 Å². The molecule has 0 saturated carbocycles. The number of carbonyl (C=O) groups is 1. The van der Waals surface area contributed by atoms with E-state index < -0.39 is 6.10 Å². The van der Waals surface area contributed by atoms with Gasteiger partial charge in [0.25, 0.3) is 0 Å². The van der Waals surface area contributed by atoms with Crippen molar-refractivity contribution in [2.45, 2.75) is 116 Å². The predicted octanol–water partition coefficient (Wildman–Crippen LogP) is 6.69. The van der Waals surface area contributed by atoms with E-state index in [0.717, 1.165) is 18.4 Å². The van der Waals surface area contributed by atoms with Crippen LogP contribution < -0.4 is 4.74 Å². The van der Waals surface area contributed by atoms with E-state index in [4.69, 9.17) is 19.7 Å². The molecule has 8 heteroatoms. The standard InChI is InChI=1S/C21H42O4.C10H9N3O/c1-2-3-4-5-6-7-8-9-10-11-12-13-14-15-16-17-21(24)25-19-20(23)18-22;1-14-9-7-11-13-12-10(9)8-5-3-2-4-6-8/h20,22-23H,2-19H2,1H3;2-7H,1H3. The van der Waals surface area contributed by atoms with Crippen LogP contribution in [-0.2, 0) is 9.53 Å². The van der Waals surface area contributed by atoms with E-state index in [1.807, 2.05) is 30.3 Å². The van der Waals surface area contributed by atoms with Gasteiger partial charge in [0.15, 0.2) is 5.75 Å². The smallest absolute Gasteiger partial charge is 0.305 e. The molecule has 0 radical (unpaired) electrons. The maximum Gasteiger partial charge on any atom is 0.305 e. The minimum atomic E-state index is -0.954. The highest BCUT2D eigenvalue weighted by Crippen LogP contribution is 2.24. The molecule has 1 heterocycles. The van der Waals surface area contributed by atoms with Crippen LogP contribution in [0.15, 0.2) is 36.5 Å². The quantitative estimate of drug-likeness (QED) is 0.132. The average Bonchev–Trinajstić information content (AvgIpc) is 2.98. The normalized spacial score (nSPS) is 11.4. The molecular formula is C31H51N3O5. The van der Waals surface area contributed by atoms with E-state index in [1.54, 1.807) is 13.3 Å². The van der Waals surface area contributed by atoms with Gasteiger partial charge in [-0.05, 0) is 11.6 Å². The molecule has 0 amide bonds. The lowest BCUT2D eigenvalue weighted by molar-refractivity contribution is -0.147. The molecule has 1 unspecified atom stereocenters. The average molecular weight is 546 g/mol. The Morgan fingerprint density at radius 2 is 1.38 bits per heavy atom. The van der Waals surface area contributed by atoms with Crippen LogP contribution in [0, 0.1) is 0 Å². The zero-order chi connectivity index (χ0) is 28.4. The fourth-order valence-electron chi connectivity index (χ4n) is 4.16. The van der Waals surface area contributed by atoms with Crippen LogP contribution in [0.25, 0.3) is 11.3 Å². The Kier molecular flexibility index (Phi) is 21.6. The van der Waals surface area contributed by atoms with Gasteiger partial charge in [-0.3, -0.25) is 4.79 Å². The number of ether oxygens (including phenoxy) is 2. The number of rotatable bonds is 21. The van der Waals surface area contributed by atoms with Crippen LogP contribution in [0.1, 0.15) is 110 Å². The highest BCUT2D eigenvalue weighted by Gasteiger charge is 2.08. The first-order valence-corrected chi connectivity index (χ1v) is 14.8. The highest BCUT2D eigenvalue weighted by molar-refractivity contribution is 5.69. The summed E-state index contributed by atoms with van der Waals surface area (Å²) in [7, 11) is 1.59. The van der Waals surface area contributed by atoms with Gasteiger partial charge in [0.05, 0.1) is 19.9 Å². The van der Waals surface area contributed by atoms with E-state index in [1.165, 1.54) is 83.5 Å². The van der Waals surface area contributed by atoms with E-state index in [9.17, 15) is 4.79 Å². The van der Waals surface area contributed by atoms with Gasteiger partial charge >= 0.3 is 5.97 Å². The maximum atomic E-state index is 11.4. The second kappa shape index (κ2) is 24.5. The number of esters is 1. The van der Waals surface area contributed by atoms with Crippen LogP contribution in [0.2, 0.25) is 0 Å². The molecule has 1 aromatic heterocycles. The zero-order valence-electron chi connectivity index (χ0n) is 24.2. The molecule has 1 aromatic carbocycles. The monoisotopic (exact) mass is 545 g/mol. The van der Waals surface area contributed by atoms with Crippen LogP contribution in [0.5, 0.6) is 5.75 Å². The zero-order valence-corrected chi connectivity index (χ0v) is 24.2. The van der Waals surface area contributed by atoms with Crippen molar-refractivity contribution < 1.29 is 24.5 Å². The van der Waals surface area contributed by atoms with Crippen molar-refractivity contribution in [2.24, 2.45) is 0 Å². The Bertz CT molecular complexity index is 838. The fraction of sp³-hybridized carbons (Fsp3) is 0.677. The molecule has 1 atom stereocenters. The van der Waals surface area contributed by atoms with Gasteiger partial charge in [-0.25, -0.2) is 0 Å². The first-order chi connectivity index (χ1) is 19.1. The topological polar surface area (TPSA) is 115 Å². The summed E-state index contributed by atoms with van der Waals surface area (Å²) in [6, 6.07) is 9.73. The number of aromatic nitrogens is 3. The van der Waals surface area contributed by atoms with Gasteiger partial charge in [-0.2, -0.15) is 0 Å². The van der Waals surface area contributed by atoms with E-state index >= 15 is 0 Å². The molecule has 8 nitrogen and oxygen atoms in total. The number of benzene rings is 1. The summed E-state index contributed by atoms with van der Waals surface area (Å²) < 4.78 is 10.00. The van der Waals surface area contributed by atoms with Crippen molar-refractivity contribution in [1.29, 1.82) is 0 Å². The maximum absolute atomic E-state index is 11.4. The number of aliphatic hydroxyl groups is 2. The number of carbonyl (C=O) groups excluding carboxylic acids is 1. The first kappa shape index (κ1) is 34.4. The fourth-order valence-corrected chi connectivity index (χ4v) is 4.16. The number of aliphatic hydroxyl groups excluding tert-OH is 2. The van der Waals surface area contributed by atoms with Crippen LogP contribution >= 0.6 is 0 Å². The van der Waals surface area contributed by atoms with Crippen molar-refractivity contribution in [3.05, 3.63) is 36.5 Å². The summed E-state index contributed by atoms with van der Waals surface area (Å²) in [6.07, 6.45) is 20.6. The predicted molar refractivity (Wildman–Crippen MR) is 155 cm³/mol. The molecule has 0 fully saturated rings. The van der Waals surface area contributed by atoms with Crippen LogP contribution in [0.3, 0.4) is 0 Å². The van der Waals surface area contributed by atoms with Crippen molar-refractivity contribution in [3.63, 3.8) is 0 Å². The molecule has 220 valence electrons. The SMILES string of the molecule is CCCCCCCCCCCCCCCCCC(=O)OCC(O)CO.COc1cnnnc1-c1ccccc1. The summed E-state index contributed by atoms with van der Waals surface area (Å²) in [5.41, 5.74) is 1.68. The van der Waals surface area contributed by atoms with E-state index in [0.29, 0.717) is 17.9 Å². The van der Waals surface area contributed by atoms with Gasteiger partial charge in [0, 0.05) is 12.0 Å². The minimum absolute atomic E-state index is 0.103. The Hall–Kier alpha value is -2.58. The molecule has 2 aromatic rings. The van der Waals surface area contributed by atoms with Gasteiger partial charge in [-0.15, -0.1) is 10.2 Å². The molecule has 2 N–H and O–H groups in total. The third-order valence-electron chi connectivity index (χ3n) is 6.50. The van der Waals surface area contributed by atoms with Gasteiger partial charge in [-0.1, -0.05) is 127 Å². The lowest BCUT2D eigenvalue weighted by atomic mass is 10.0. The van der Waals surface area contributed by atoms with Crippen molar-refractivity contribution >= 4 is 5.97 Å². The number of nitrogens with zero attached hydrogens (tertiary/aromatic N) is 3. The van der Waals surface area contributed by atoms with E-state index in [2.05, 4.69) is 22.3 Å². The number of hydrogen-bond acceptors (Lipinski definition) is 8.